The quantitative estimate of drug-likeness (QED) is 0.357. The Morgan fingerprint density at radius 2 is 1.71 bits per heavy atom. The lowest BCUT2D eigenvalue weighted by molar-refractivity contribution is 0.101. The number of carbonyl (C=O) groups excluding carboxylic acids is 2. The van der Waals surface area contributed by atoms with Gasteiger partial charge in [0.25, 0.3) is 11.7 Å². The van der Waals surface area contributed by atoms with Crippen molar-refractivity contribution in [1.82, 2.24) is 19.6 Å². The van der Waals surface area contributed by atoms with E-state index in [2.05, 4.69) is 20.4 Å². The first-order valence-electron chi connectivity index (χ1n) is 9.75. The second-order valence-electron chi connectivity index (χ2n) is 7.15. The van der Waals surface area contributed by atoms with Crippen molar-refractivity contribution in [2.24, 2.45) is 0 Å². The number of rotatable bonds is 6. The highest BCUT2D eigenvalue weighted by Crippen LogP contribution is 2.24. The number of nitrogens with zero attached hydrogens (tertiary/aromatic N) is 4. The van der Waals surface area contributed by atoms with Crippen LogP contribution in [0.4, 0.5) is 5.69 Å². The molecule has 0 unspecified atom stereocenters. The van der Waals surface area contributed by atoms with Crippen molar-refractivity contribution < 1.29 is 9.59 Å². The third-order valence-corrected chi connectivity index (χ3v) is 5.66. The molecule has 2 aromatic heterocycles. The van der Waals surface area contributed by atoms with Crippen molar-refractivity contribution in [3.8, 4) is 0 Å². The molecule has 1 N–H and O–H groups in total. The van der Waals surface area contributed by atoms with Crippen LogP contribution in [0.15, 0.2) is 59.8 Å². The molecule has 4 rings (SSSR count). The van der Waals surface area contributed by atoms with Crippen molar-refractivity contribution in [1.29, 1.82) is 0 Å². The van der Waals surface area contributed by atoms with Gasteiger partial charge >= 0.3 is 0 Å². The maximum Gasteiger partial charge on any atom is 0.255 e. The molecule has 0 fully saturated rings. The van der Waals surface area contributed by atoms with Crippen LogP contribution < -0.4 is 5.32 Å². The highest BCUT2D eigenvalue weighted by atomic mass is 32.2. The lowest BCUT2D eigenvalue weighted by atomic mass is 10.1. The summed E-state index contributed by atoms with van der Waals surface area (Å²) in [5, 5.41) is 7.97. The van der Waals surface area contributed by atoms with Gasteiger partial charge in [0.15, 0.2) is 5.78 Å². The highest BCUT2D eigenvalue weighted by Gasteiger charge is 2.15. The molecule has 1 amide bonds. The summed E-state index contributed by atoms with van der Waals surface area (Å²) in [5.74, 6) is 0.719. The Labute approximate surface area is 183 Å². The average Bonchev–Trinajstić information content (AvgIpc) is 3.16. The van der Waals surface area contributed by atoms with E-state index >= 15 is 0 Å². The third kappa shape index (κ3) is 4.49. The second kappa shape index (κ2) is 8.69. The summed E-state index contributed by atoms with van der Waals surface area (Å²) < 4.78 is 1.71. The van der Waals surface area contributed by atoms with Gasteiger partial charge in [-0.15, -0.1) is 5.10 Å². The van der Waals surface area contributed by atoms with E-state index in [0.717, 1.165) is 17.0 Å². The van der Waals surface area contributed by atoms with Gasteiger partial charge in [-0.3, -0.25) is 9.59 Å². The molecular formula is C23H21N5O2S. The number of aryl methyl sites for hydroxylation is 2. The topological polar surface area (TPSA) is 89.2 Å². The molecule has 0 aliphatic carbocycles. The van der Waals surface area contributed by atoms with Crippen LogP contribution in [-0.2, 0) is 5.75 Å². The lowest BCUT2D eigenvalue weighted by Gasteiger charge is -2.11. The fourth-order valence-electron chi connectivity index (χ4n) is 3.31. The van der Waals surface area contributed by atoms with E-state index in [9.17, 15) is 9.59 Å². The number of hydrogen-bond donors (Lipinski definition) is 1. The largest absolute Gasteiger partial charge is 0.321 e. The van der Waals surface area contributed by atoms with Gasteiger partial charge in [0.1, 0.15) is 0 Å². The Hall–Kier alpha value is -3.52. The Morgan fingerprint density at radius 1 is 1.00 bits per heavy atom. The molecule has 0 atom stereocenters. The van der Waals surface area contributed by atoms with E-state index in [1.54, 1.807) is 34.8 Å². The maximum atomic E-state index is 13.0. The zero-order valence-electron chi connectivity index (χ0n) is 17.4. The number of nitrogens with one attached hydrogen (secondary N) is 1. The van der Waals surface area contributed by atoms with Gasteiger partial charge in [0.05, 0.1) is 5.69 Å². The van der Waals surface area contributed by atoms with Crippen LogP contribution in [0.2, 0.25) is 0 Å². The summed E-state index contributed by atoms with van der Waals surface area (Å²) in [6.07, 6.45) is 0. The summed E-state index contributed by atoms with van der Waals surface area (Å²) in [5.41, 5.74) is 4.23. The molecular weight excluding hydrogens is 410 g/mol. The number of ketones is 1. The molecule has 7 nitrogen and oxygen atoms in total. The molecule has 156 valence electrons. The molecule has 8 heteroatoms. The highest BCUT2D eigenvalue weighted by molar-refractivity contribution is 7.98. The number of amides is 1. The SMILES string of the molecule is CC(=O)c1ccccc1NC(=O)c1ccccc1CSc1nc2nc(C)cc(C)n2n1. The molecule has 0 aliphatic rings. The number of Topliss-reactive ketones (excluding diaryl/α,β-unsaturated/α-hetero) is 1. The molecule has 0 bridgehead atoms. The molecule has 2 heterocycles. The number of para-hydroxylation sites is 1. The van der Waals surface area contributed by atoms with Crippen LogP contribution in [0, 0.1) is 13.8 Å². The van der Waals surface area contributed by atoms with Crippen LogP contribution in [-0.4, -0.2) is 31.3 Å². The van der Waals surface area contributed by atoms with Crippen molar-refractivity contribution in [2.45, 2.75) is 31.7 Å². The van der Waals surface area contributed by atoms with Crippen molar-refractivity contribution >= 4 is 34.9 Å². The standard InChI is InChI=1S/C23H21N5O2S/c1-14-12-15(2)28-22(24-14)26-23(27-28)31-13-17-8-4-5-10-19(17)21(30)25-20-11-7-6-9-18(20)16(3)29/h4-12H,13H2,1-3H3,(H,25,30). The van der Waals surface area contributed by atoms with Gasteiger partial charge in [-0.05, 0) is 50.6 Å². The van der Waals surface area contributed by atoms with Crippen LogP contribution >= 0.6 is 11.8 Å². The molecule has 0 saturated heterocycles. The Bertz CT molecular complexity index is 1300. The maximum absolute atomic E-state index is 13.0. The summed E-state index contributed by atoms with van der Waals surface area (Å²) in [4.78, 5) is 33.7. The van der Waals surface area contributed by atoms with E-state index in [1.165, 1.54) is 18.7 Å². The van der Waals surface area contributed by atoms with Gasteiger partial charge in [0.2, 0.25) is 5.16 Å². The van der Waals surface area contributed by atoms with Gasteiger partial charge in [-0.1, -0.05) is 42.1 Å². The predicted octanol–water partition coefficient (Wildman–Crippen LogP) is 4.49. The van der Waals surface area contributed by atoms with Gasteiger partial charge in [0, 0.05) is 28.3 Å². The number of carbonyl (C=O) groups is 2. The first kappa shape index (κ1) is 20.7. The number of anilines is 1. The lowest BCUT2D eigenvalue weighted by Crippen LogP contribution is -2.16. The minimum absolute atomic E-state index is 0.100. The molecule has 4 aromatic rings. The minimum atomic E-state index is -0.263. The summed E-state index contributed by atoms with van der Waals surface area (Å²) >= 11 is 1.44. The number of fused-ring (bicyclic) bond motifs is 1. The number of thioether (sulfide) groups is 1. The minimum Gasteiger partial charge on any atom is -0.321 e. The molecule has 0 radical (unpaired) electrons. The summed E-state index contributed by atoms with van der Waals surface area (Å²) in [6.45, 7) is 5.37. The van der Waals surface area contributed by atoms with Crippen LogP contribution in [0.25, 0.3) is 5.78 Å². The van der Waals surface area contributed by atoms with Crippen LogP contribution in [0.3, 0.4) is 0 Å². The Balaban J connectivity index is 1.55. The summed E-state index contributed by atoms with van der Waals surface area (Å²) in [6, 6.07) is 16.3. The van der Waals surface area contributed by atoms with Gasteiger partial charge < -0.3 is 5.32 Å². The Kier molecular flexibility index (Phi) is 5.81. The Morgan fingerprint density at radius 3 is 2.48 bits per heavy atom. The van der Waals surface area contributed by atoms with Gasteiger partial charge in [-0.2, -0.15) is 4.98 Å². The van der Waals surface area contributed by atoms with Crippen LogP contribution in [0.5, 0.6) is 0 Å². The van der Waals surface area contributed by atoms with E-state index < -0.39 is 0 Å². The van der Waals surface area contributed by atoms with Gasteiger partial charge in [-0.25, -0.2) is 9.50 Å². The summed E-state index contributed by atoms with van der Waals surface area (Å²) in [7, 11) is 0. The fourth-order valence-corrected chi connectivity index (χ4v) is 4.13. The predicted molar refractivity (Wildman–Crippen MR) is 121 cm³/mol. The first-order chi connectivity index (χ1) is 14.9. The van der Waals surface area contributed by atoms with Crippen LogP contribution in [0.1, 0.15) is 44.6 Å². The normalized spacial score (nSPS) is 10.9. The third-order valence-electron chi connectivity index (χ3n) is 4.77. The monoisotopic (exact) mass is 431 g/mol. The molecule has 31 heavy (non-hydrogen) atoms. The van der Waals surface area contributed by atoms with Crippen molar-refractivity contribution in [3.05, 3.63) is 82.7 Å². The zero-order valence-corrected chi connectivity index (χ0v) is 18.2. The smallest absolute Gasteiger partial charge is 0.255 e. The first-order valence-corrected chi connectivity index (χ1v) is 10.7. The van der Waals surface area contributed by atoms with E-state index in [-0.39, 0.29) is 11.7 Å². The number of benzene rings is 2. The average molecular weight is 432 g/mol. The van der Waals surface area contributed by atoms with Crippen molar-refractivity contribution in [2.75, 3.05) is 5.32 Å². The van der Waals surface area contributed by atoms with E-state index in [0.29, 0.717) is 33.5 Å². The fraction of sp³-hybridized carbons (Fsp3) is 0.174. The van der Waals surface area contributed by atoms with E-state index in [4.69, 9.17) is 0 Å². The number of aromatic nitrogens is 4. The molecule has 2 aromatic carbocycles. The zero-order chi connectivity index (χ0) is 22.0. The molecule has 0 saturated carbocycles. The van der Waals surface area contributed by atoms with E-state index in [1.807, 2.05) is 38.1 Å². The number of hydrogen-bond acceptors (Lipinski definition) is 6. The molecule has 0 aliphatic heterocycles. The van der Waals surface area contributed by atoms with Crippen molar-refractivity contribution in [3.63, 3.8) is 0 Å². The second-order valence-corrected chi connectivity index (χ2v) is 8.09. The molecule has 0 spiro atoms.